The fourth-order valence-electron chi connectivity index (χ4n) is 4.48. The quantitative estimate of drug-likeness (QED) is 0.681. The van der Waals surface area contributed by atoms with Gasteiger partial charge in [-0.1, -0.05) is 5.16 Å². The van der Waals surface area contributed by atoms with Crippen LogP contribution in [0.3, 0.4) is 0 Å². The van der Waals surface area contributed by atoms with Crippen LogP contribution in [-0.4, -0.2) is 35.0 Å². The Morgan fingerprint density at radius 3 is 2.71 bits per heavy atom. The summed E-state index contributed by atoms with van der Waals surface area (Å²) in [5.41, 5.74) is 3.08. The second-order valence-corrected chi connectivity index (χ2v) is 8.27. The first-order valence-electron chi connectivity index (χ1n) is 10.9. The van der Waals surface area contributed by atoms with Crippen LogP contribution in [0.25, 0.3) is 11.3 Å². The van der Waals surface area contributed by atoms with E-state index in [9.17, 15) is 9.59 Å². The molecule has 1 fully saturated rings. The first kappa shape index (κ1) is 19.6. The molecule has 7 nitrogen and oxygen atoms in total. The van der Waals surface area contributed by atoms with E-state index >= 15 is 0 Å². The molecule has 31 heavy (non-hydrogen) atoms. The third kappa shape index (κ3) is 4.00. The van der Waals surface area contributed by atoms with E-state index in [0.717, 1.165) is 66.9 Å². The predicted molar refractivity (Wildman–Crippen MR) is 115 cm³/mol. The van der Waals surface area contributed by atoms with Crippen molar-refractivity contribution in [3.8, 4) is 11.3 Å². The second-order valence-electron chi connectivity index (χ2n) is 8.27. The lowest BCUT2D eigenvalue weighted by molar-refractivity contribution is -0.121. The molecule has 2 amide bonds. The number of amides is 2. The van der Waals surface area contributed by atoms with Crippen molar-refractivity contribution in [2.24, 2.45) is 5.92 Å². The number of nitrogens with zero attached hydrogens (tertiary/aromatic N) is 2. The van der Waals surface area contributed by atoms with Gasteiger partial charge < -0.3 is 19.2 Å². The molecule has 0 bridgehead atoms. The molecule has 1 N–H and O–H groups in total. The van der Waals surface area contributed by atoms with Gasteiger partial charge in [0.05, 0.1) is 12.2 Å². The number of hydrogen-bond acceptors (Lipinski definition) is 5. The van der Waals surface area contributed by atoms with Crippen molar-refractivity contribution in [2.45, 2.75) is 38.5 Å². The number of anilines is 1. The monoisotopic (exact) mass is 419 g/mol. The Bertz CT molecular complexity index is 1070. The fourth-order valence-corrected chi connectivity index (χ4v) is 4.48. The molecular formula is C24H25N3O4. The second kappa shape index (κ2) is 8.41. The summed E-state index contributed by atoms with van der Waals surface area (Å²) in [7, 11) is 0. The summed E-state index contributed by atoms with van der Waals surface area (Å²) in [6.45, 7) is 1.04. The molecule has 2 aliphatic rings. The average Bonchev–Trinajstić information content (AvgIpc) is 3.50. The Morgan fingerprint density at radius 2 is 1.90 bits per heavy atom. The number of carbonyl (C=O) groups excluding carboxylic acids is 2. The SMILES string of the molecule is O=C(Nc1ccc(-c2ccco2)cc1)C1CCCN(C(=O)c2noc3c2CCCC3)C1. The summed E-state index contributed by atoms with van der Waals surface area (Å²) in [4.78, 5) is 27.7. The summed E-state index contributed by atoms with van der Waals surface area (Å²) in [5.74, 6) is 1.20. The van der Waals surface area contributed by atoms with Crippen molar-refractivity contribution in [2.75, 3.05) is 18.4 Å². The molecule has 3 aromatic rings. The number of nitrogens with one attached hydrogen (secondary N) is 1. The van der Waals surface area contributed by atoms with Gasteiger partial charge in [0.1, 0.15) is 11.5 Å². The van der Waals surface area contributed by atoms with Crippen LogP contribution in [0.5, 0.6) is 0 Å². The van der Waals surface area contributed by atoms with Crippen molar-refractivity contribution in [3.63, 3.8) is 0 Å². The molecule has 2 aromatic heterocycles. The molecule has 0 saturated carbocycles. The van der Waals surface area contributed by atoms with E-state index < -0.39 is 0 Å². The maximum Gasteiger partial charge on any atom is 0.276 e. The summed E-state index contributed by atoms with van der Waals surface area (Å²) in [6.07, 6.45) is 7.00. The van der Waals surface area contributed by atoms with Crippen LogP contribution in [-0.2, 0) is 17.6 Å². The van der Waals surface area contributed by atoms with Gasteiger partial charge in [-0.15, -0.1) is 0 Å². The normalized spacial score (nSPS) is 18.5. The molecule has 1 saturated heterocycles. The van der Waals surface area contributed by atoms with E-state index in [2.05, 4.69) is 10.5 Å². The third-order valence-electron chi connectivity index (χ3n) is 6.19. The molecule has 1 unspecified atom stereocenters. The van der Waals surface area contributed by atoms with Crippen LogP contribution in [0.15, 0.2) is 51.6 Å². The highest BCUT2D eigenvalue weighted by Gasteiger charge is 2.32. The van der Waals surface area contributed by atoms with Gasteiger partial charge in [-0.05, 0) is 68.5 Å². The fraction of sp³-hybridized carbons (Fsp3) is 0.375. The maximum atomic E-state index is 13.1. The number of likely N-dealkylation sites (tertiary alicyclic amines) is 1. The van der Waals surface area contributed by atoms with Crippen LogP contribution in [0.1, 0.15) is 47.5 Å². The Labute approximate surface area is 180 Å². The Kier molecular flexibility index (Phi) is 5.32. The lowest BCUT2D eigenvalue weighted by Crippen LogP contribution is -2.44. The Balaban J connectivity index is 1.23. The van der Waals surface area contributed by atoms with Crippen molar-refractivity contribution >= 4 is 17.5 Å². The van der Waals surface area contributed by atoms with E-state index in [0.29, 0.717) is 18.8 Å². The smallest absolute Gasteiger partial charge is 0.276 e. The zero-order valence-corrected chi connectivity index (χ0v) is 17.3. The van der Waals surface area contributed by atoms with E-state index in [1.165, 1.54) is 0 Å². The number of furan rings is 1. The van der Waals surface area contributed by atoms with Crippen LogP contribution in [0.4, 0.5) is 5.69 Å². The van der Waals surface area contributed by atoms with Crippen LogP contribution >= 0.6 is 0 Å². The number of hydrogen-bond donors (Lipinski definition) is 1. The van der Waals surface area contributed by atoms with E-state index in [4.69, 9.17) is 8.94 Å². The molecule has 5 rings (SSSR count). The first-order valence-corrected chi connectivity index (χ1v) is 10.9. The van der Waals surface area contributed by atoms with Gasteiger partial charge in [0.2, 0.25) is 5.91 Å². The minimum absolute atomic E-state index is 0.0644. The number of carbonyl (C=O) groups is 2. The highest BCUT2D eigenvalue weighted by Crippen LogP contribution is 2.27. The lowest BCUT2D eigenvalue weighted by atomic mass is 9.94. The van der Waals surface area contributed by atoms with E-state index in [1.54, 1.807) is 11.2 Å². The number of aromatic nitrogens is 1. The predicted octanol–water partition coefficient (Wildman–Crippen LogP) is 4.30. The van der Waals surface area contributed by atoms with Gasteiger partial charge in [-0.3, -0.25) is 9.59 Å². The number of aryl methyl sites for hydroxylation is 1. The summed E-state index contributed by atoms with van der Waals surface area (Å²) in [5, 5.41) is 7.05. The third-order valence-corrected chi connectivity index (χ3v) is 6.19. The minimum Gasteiger partial charge on any atom is -0.464 e. The van der Waals surface area contributed by atoms with Crippen molar-refractivity contribution in [1.82, 2.24) is 10.1 Å². The highest BCUT2D eigenvalue weighted by atomic mass is 16.5. The van der Waals surface area contributed by atoms with Gasteiger partial charge in [0, 0.05) is 36.3 Å². The van der Waals surface area contributed by atoms with Crippen molar-refractivity contribution in [1.29, 1.82) is 0 Å². The van der Waals surface area contributed by atoms with Gasteiger partial charge in [-0.25, -0.2) is 0 Å². The zero-order valence-electron chi connectivity index (χ0n) is 17.3. The van der Waals surface area contributed by atoms with Gasteiger partial charge >= 0.3 is 0 Å². The molecule has 1 aliphatic carbocycles. The maximum absolute atomic E-state index is 13.1. The molecule has 3 heterocycles. The number of piperidine rings is 1. The number of fused-ring (bicyclic) bond motifs is 1. The number of benzene rings is 1. The molecular weight excluding hydrogens is 394 g/mol. The van der Waals surface area contributed by atoms with Crippen LogP contribution < -0.4 is 5.32 Å². The van der Waals surface area contributed by atoms with E-state index in [1.807, 2.05) is 36.4 Å². The molecule has 1 aromatic carbocycles. The molecule has 7 heteroatoms. The topological polar surface area (TPSA) is 88.6 Å². The van der Waals surface area contributed by atoms with Crippen molar-refractivity contribution < 1.29 is 18.5 Å². The molecule has 0 spiro atoms. The summed E-state index contributed by atoms with van der Waals surface area (Å²) < 4.78 is 10.8. The minimum atomic E-state index is -0.245. The van der Waals surface area contributed by atoms with Crippen molar-refractivity contribution in [3.05, 3.63) is 59.7 Å². The van der Waals surface area contributed by atoms with Crippen LogP contribution in [0.2, 0.25) is 0 Å². The highest BCUT2D eigenvalue weighted by molar-refractivity contribution is 5.96. The van der Waals surface area contributed by atoms with Gasteiger partial charge in [-0.2, -0.15) is 0 Å². The van der Waals surface area contributed by atoms with Gasteiger partial charge in [0.25, 0.3) is 5.91 Å². The molecule has 160 valence electrons. The largest absolute Gasteiger partial charge is 0.464 e. The van der Waals surface area contributed by atoms with Gasteiger partial charge in [0.15, 0.2) is 5.69 Å². The van der Waals surface area contributed by atoms with E-state index in [-0.39, 0.29) is 17.7 Å². The average molecular weight is 419 g/mol. The molecule has 0 radical (unpaired) electrons. The summed E-state index contributed by atoms with van der Waals surface area (Å²) in [6, 6.07) is 11.3. The standard InChI is InChI=1S/C24H25N3O4/c28-23(25-18-11-9-16(10-12-18)20-8-4-14-30-20)17-5-3-13-27(15-17)24(29)22-19-6-1-2-7-21(19)31-26-22/h4,8-12,14,17H,1-3,5-7,13,15H2,(H,25,28). The first-order chi connectivity index (χ1) is 15.2. The molecule has 1 atom stereocenters. The lowest BCUT2D eigenvalue weighted by Gasteiger charge is -2.31. The number of rotatable bonds is 4. The summed E-state index contributed by atoms with van der Waals surface area (Å²) >= 11 is 0. The van der Waals surface area contributed by atoms with Crippen LogP contribution in [0, 0.1) is 5.92 Å². The Hall–Kier alpha value is -3.35. The molecule has 1 aliphatic heterocycles. The zero-order chi connectivity index (χ0) is 21.2. The Morgan fingerprint density at radius 1 is 1.06 bits per heavy atom.